The molecular weight excluding hydrogens is 364 g/mol. The second kappa shape index (κ2) is 8.09. The van der Waals surface area contributed by atoms with E-state index in [9.17, 15) is 9.59 Å². The summed E-state index contributed by atoms with van der Waals surface area (Å²) in [5, 5.41) is 4.36. The van der Waals surface area contributed by atoms with Gasteiger partial charge >= 0.3 is 6.03 Å². The number of aromatic nitrogens is 1. The molecule has 2 saturated heterocycles. The number of rotatable bonds is 3. The van der Waals surface area contributed by atoms with Crippen molar-refractivity contribution in [2.24, 2.45) is 5.92 Å². The van der Waals surface area contributed by atoms with Gasteiger partial charge in [0.25, 0.3) is 0 Å². The van der Waals surface area contributed by atoms with Gasteiger partial charge in [0.1, 0.15) is 0 Å². The van der Waals surface area contributed by atoms with Gasteiger partial charge in [0.15, 0.2) is 0 Å². The van der Waals surface area contributed by atoms with Crippen LogP contribution in [0.4, 0.5) is 4.79 Å². The van der Waals surface area contributed by atoms with E-state index in [0.717, 1.165) is 56.4 Å². The third-order valence-corrected chi connectivity index (χ3v) is 6.54. The average Bonchev–Trinajstić information content (AvgIpc) is 3.35. The summed E-state index contributed by atoms with van der Waals surface area (Å²) in [6.45, 7) is 9.81. The summed E-state index contributed by atoms with van der Waals surface area (Å²) in [4.78, 5) is 32.8. The second-order valence-electron chi connectivity index (χ2n) is 8.70. The number of fused-ring (bicyclic) bond motifs is 1. The van der Waals surface area contributed by atoms with E-state index in [0.29, 0.717) is 13.1 Å². The molecule has 0 aliphatic carbocycles. The topological polar surface area (TPSA) is 68.4 Å². The Morgan fingerprint density at radius 1 is 1.07 bits per heavy atom. The smallest absolute Gasteiger partial charge is 0.320 e. The van der Waals surface area contributed by atoms with E-state index in [2.05, 4.69) is 43.2 Å². The maximum absolute atomic E-state index is 12.9. The van der Waals surface area contributed by atoms with Crippen LogP contribution in [0.5, 0.6) is 0 Å². The van der Waals surface area contributed by atoms with Crippen molar-refractivity contribution in [3.63, 3.8) is 0 Å². The lowest BCUT2D eigenvalue weighted by molar-refractivity contribution is -0.126. The minimum atomic E-state index is -0.122. The van der Waals surface area contributed by atoms with Gasteiger partial charge in [0.2, 0.25) is 5.91 Å². The monoisotopic (exact) mass is 396 g/mol. The lowest BCUT2D eigenvalue weighted by Crippen LogP contribution is -2.49. The molecule has 3 heterocycles. The Bertz CT molecular complexity index is 927. The van der Waals surface area contributed by atoms with E-state index in [4.69, 9.17) is 0 Å². The zero-order valence-corrected chi connectivity index (χ0v) is 17.8. The molecular formula is C23H32N4O2. The number of hydrogen-bond acceptors (Lipinski definition) is 2. The van der Waals surface area contributed by atoms with Crippen molar-refractivity contribution in [1.29, 1.82) is 0 Å². The molecule has 6 nitrogen and oxygen atoms in total. The summed E-state index contributed by atoms with van der Waals surface area (Å²) in [6.07, 6.45) is 3.92. The van der Waals surface area contributed by atoms with Crippen LogP contribution in [0, 0.1) is 26.7 Å². The molecule has 29 heavy (non-hydrogen) atoms. The fourth-order valence-corrected chi connectivity index (χ4v) is 4.73. The van der Waals surface area contributed by atoms with Gasteiger partial charge in [0, 0.05) is 43.8 Å². The number of amides is 3. The number of aryl methyl sites for hydroxylation is 3. The molecule has 1 atom stereocenters. The molecule has 6 heteroatoms. The number of benzene rings is 1. The molecule has 4 rings (SSSR count). The van der Waals surface area contributed by atoms with Crippen molar-refractivity contribution in [3.05, 3.63) is 34.5 Å². The summed E-state index contributed by atoms with van der Waals surface area (Å²) in [5.74, 6) is -0.0682. The van der Waals surface area contributed by atoms with Crippen LogP contribution in [0.2, 0.25) is 0 Å². The molecule has 3 amide bonds. The molecule has 2 aliphatic heterocycles. The molecule has 2 aliphatic rings. The van der Waals surface area contributed by atoms with Gasteiger partial charge in [-0.3, -0.25) is 4.79 Å². The van der Waals surface area contributed by atoms with E-state index >= 15 is 0 Å². The lowest BCUT2D eigenvalue weighted by atomic mass is 9.97. The number of aromatic amines is 1. The number of piperidine rings is 1. The lowest BCUT2D eigenvalue weighted by Gasteiger charge is -2.34. The van der Waals surface area contributed by atoms with Gasteiger partial charge in [-0.2, -0.15) is 0 Å². The van der Waals surface area contributed by atoms with Gasteiger partial charge < -0.3 is 20.1 Å². The van der Waals surface area contributed by atoms with E-state index in [-0.39, 0.29) is 17.9 Å². The van der Waals surface area contributed by atoms with Gasteiger partial charge in [0.05, 0.1) is 11.4 Å². The Labute approximate surface area is 172 Å². The number of likely N-dealkylation sites (tertiary alicyclic amines) is 2. The Kier molecular flexibility index (Phi) is 5.52. The summed E-state index contributed by atoms with van der Waals surface area (Å²) in [7, 11) is 0. The molecule has 1 aromatic carbocycles. The molecule has 2 aromatic rings. The standard InChI is InChI=1S/C23H32N4O2/c1-15-11-19(21-20(12-15)16(2)17(3)25-21)13-24-22(28)18-7-6-10-27(14-18)23(29)26-8-4-5-9-26/h11-12,18,25H,4-10,13-14H2,1-3H3,(H,24,28)/t18-/m1/s1. The number of carbonyl (C=O) groups excluding carboxylic acids is 2. The van der Waals surface area contributed by atoms with Crippen molar-refractivity contribution in [3.8, 4) is 0 Å². The number of H-pyrrole nitrogens is 1. The highest BCUT2D eigenvalue weighted by Crippen LogP contribution is 2.26. The molecule has 0 saturated carbocycles. The first-order valence-electron chi connectivity index (χ1n) is 10.8. The number of carbonyl (C=O) groups is 2. The third kappa shape index (κ3) is 3.98. The molecule has 2 N–H and O–H groups in total. The highest BCUT2D eigenvalue weighted by Gasteiger charge is 2.31. The van der Waals surface area contributed by atoms with E-state index in [1.165, 1.54) is 22.2 Å². The van der Waals surface area contributed by atoms with Crippen LogP contribution in [-0.4, -0.2) is 52.9 Å². The van der Waals surface area contributed by atoms with E-state index < -0.39 is 0 Å². The first kappa shape index (κ1) is 19.8. The summed E-state index contributed by atoms with van der Waals surface area (Å²) < 4.78 is 0. The highest BCUT2D eigenvalue weighted by atomic mass is 16.2. The number of urea groups is 1. The van der Waals surface area contributed by atoms with E-state index in [1.807, 2.05) is 9.80 Å². The Morgan fingerprint density at radius 3 is 2.55 bits per heavy atom. The van der Waals surface area contributed by atoms with Crippen molar-refractivity contribution in [1.82, 2.24) is 20.1 Å². The number of nitrogens with zero attached hydrogens (tertiary/aromatic N) is 2. The molecule has 1 aromatic heterocycles. The summed E-state index contributed by atoms with van der Waals surface area (Å²) in [6, 6.07) is 4.45. The minimum absolute atomic E-state index is 0.0542. The van der Waals surface area contributed by atoms with Crippen LogP contribution < -0.4 is 5.32 Å². The van der Waals surface area contributed by atoms with Gasteiger partial charge in [-0.05, 0) is 63.6 Å². The van der Waals surface area contributed by atoms with Crippen LogP contribution in [-0.2, 0) is 11.3 Å². The molecule has 0 radical (unpaired) electrons. The predicted molar refractivity (Wildman–Crippen MR) is 115 cm³/mol. The molecule has 0 bridgehead atoms. The van der Waals surface area contributed by atoms with Crippen molar-refractivity contribution < 1.29 is 9.59 Å². The van der Waals surface area contributed by atoms with Crippen LogP contribution in [0.3, 0.4) is 0 Å². The van der Waals surface area contributed by atoms with Gasteiger partial charge in [-0.15, -0.1) is 0 Å². The highest BCUT2D eigenvalue weighted by molar-refractivity contribution is 5.88. The Balaban J connectivity index is 1.41. The Hall–Kier alpha value is -2.50. The maximum Gasteiger partial charge on any atom is 0.320 e. The zero-order valence-electron chi connectivity index (χ0n) is 17.8. The first-order valence-corrected chi connectivity index (χ1v) is 10.8. The first-order chi connectivity index (χ1) is 13.9. The fraction of sp³-hybridized carbons (Fsp3) is 0.565. The zero-order chi connectivity index (χ0) is 20.5. The van der Waals surface area contributed by atoms with E-state index in [1.54, 1.807) is 0 Å². The molecule has 0 unspecified atom stereocenters. The van der Waals surface area contributed by atoms with Crippen LogP contribution in [0.25, 0.3) is 10.9 Å². The fourth-order valence-electron chi connectivity index (χ4n) is 4.73. The maximum atomic E-state index is 12.9. The van der Waals surface area contributed by atoms with Crippen LogP contribution in [0.1, 0.15) is 48.1 Å². The molecule has 0 spiro atoms. The second-order valence-corrected chi connectivity index (χ2v) is 8.70. The van der Waals surface area contributed by atoms with Crippen molar-refractivity contribution in [2.75, 3.05) is 26.2 Å². The minimum Gasteiger partial charge on any atom is -0.358 e. The number of nitrogens with one attached hydrogen (secondary N) is 2. The van der Waals surface area contributed by atoms with Crippen LogP contribution >= 0.6 is 0 Å². The average molecular weight is 397 g/mol. The summed E-state index contributed by atoms with van der Waals surface area (Å²) >= 11 is 0. The quantitative estimate of drug-likeness (QED) is 0.832. The largest absolute Gasteiger partial charge is 0.358 e. The predicted octanol–water partition coefficient (Wildman–Crippen LogP) is 3.64. The molecule has 2 fully saturated rings. The van der Waals surface area contributed by atoms with Crippen molar-refractivity contribution >= 4 is 22.8 Å². The van der Waals surface area contributed by atoms with Gasteiger partial charge in [-0.25, -0.2) is 4.79 Å². The third-order valence-electron chi connectivity index (χ3n) is 6.54. The van der Waals surface area contributed by atoms with Crippen LogP contribution in [0.15, 0.2) is 12.1 Å². The number of hydrogen-bond donors (Lipinski definition) is 2. The normalized spacial score (nSPS) is 19.8. The summed E-state index contributed by atoms with van der Waals surface area (Å²) in [5.41, 5.74) is 5.86. The molecule has 156 valence electrons. The SMILES string of the molecule is Cc1cc(CNC(=O)[C@@H]2CCCN(C(=O)N3CCCC3)C2)c2[nH]c(C)c(C)c2c1. The Morgan fingerprint density at radius 2 is 1.79 bits per heavy atom. The van der Waals surface area contributed by atoms with Gasteiger partial charge in [-0.1, -0.05) is 11.6 Å². The van der Waals surface area contributed by atoms with Crippen molar-refractivity contribution in [2.45, 2.75) is 53.0 Å².